The molecule has 0 aliphatic heterocycles. The van der Waals surface area contributed by atoms with E-state index in [1.165, 1.54) is 0 Å². The van der Waals surface area contributed by atoms with Gasteiger partial charge < -0.3 is 10.5 Å². The van der Waals surface area contributed by atoms with E-state index >= 15 is 0 Å². The summed E-state index contributed by atoms with van der Waals surface area (Å²) < 4.78 is 64.4. The van der Waals surface area contributed by atoms with Gasteiger partial charge in [0.15, 0.2) is 6.61 Å². The summed E-state index contributed by atoms with van der Waals surface area (Å²) in [6.07, 6.45) is -4.50. The highest BCUT2D eigenvalue weighted by atomic mass is 19.4. The topological polar surface area (TPSA) is 48.1 Å². The van der Waals surface area contributed by atoms with Gasteiger partial charge in [0.25, 0.3) is 0 Å². The molecule has 0 aromatic carbocycles. The molecule has 0 saturated carbocycles. The van der Waals surface area contributed by atoms with E-state index < -0.39 is 18.7 Å². The Morgan fingerprint density at radius 2 is 1.88 bits per heavy atom. The van der Waals surface area contributed by atoms with Crippen LogP contribution in [-0.4, -0.2) is 23.7 Å². The third-order valence-electron chi connectivity index (χ3n) is 1.59. The fourth-order valence-electron chi connectivity index (χ4n) is 0.774. The molecule has 0 radical (unpaired) electrons. The Hall–Kier alpha value is -1.60. The lowest BCUT2D eigenvalue weighted by molar-refractivity contribution is -0.290. The van der Waals surface area contributed by atoms with Crippen molar-refractivity contribution in [3.63, 3.8) is 0 Å². The van der Waals surface area contributed by atoms with Crippen LogP contribution in [0.15, 0.2) is 18.3 Å². The van der Waals surface area contributed by atoms with E-state index in [4.69, 9.17) is 5.73 Å². The highest BCUT2D eigenvalue weighted by Crippen LogP contribution is 2.35. The molecule has 16 heavy (non-hydrogen) atoms. The van der Waals surface area contributed by atoms with E-state index in [2.05, 4.69) is 9.72 Å². The highest BCUT2D eigenvalue weighted by molar-refractivity contribution is 5.35. The van der Waals surface area contributed by atoms with Gasteiger partial charge >= 0.3 is 12.1 Å². The smallest absolute Gasteiger partial charge is 0.456 e. The summed E-state index contributed by atoms with van der Waals surface area (Å²) >= 11 is 0. The van der Waals surface area contributed by atoms with Crippen LogP contribution in [0.3, 0.4) is 0 Å². The minimum atomic E-state index is -5.63. The van der Waals surface area contributed by atoms with Crippen LogP contribution >= 0.6 is 0 Å². The molecule has 1 aromatic rings. The number of nitrogens with zero attached hydrogens (tertiary/aromatic N) is 1. The van der Waals surface area contributed by atoms with Crippen molar-refractivity contribution in [2.75, 3.05) is 12.3 Å². The Bertz CT molecular complexity index is 366. The number of hydrogen-bond donors (Lipinski definition) is 1. The average molecular weight is 242 g/mol. The Kier molecular flexibility index (Phi) is 3.20. The molecule has 1 heterocycles. The number of halogens is 5. The van der Waals surface area contributed by atoms with Gasteiger partial charge in [-0.2, -0.15) is 22.0 Å². The van der Waals surface area contributed by atoms with E-state index in [1.807, 2.05) is 0 Å². The van der Waals surface area contributed by atoms with Gasteiger partial charge in [-0.1, -0.05) is 0 Å². The number of anilines is 1. The fraction of sp³-hybridized carbons (Fsp3) is 0.375. The summed E-state index contributed by atoms with van der Waals surface area (Å²) in [5.41, 5.74) is 5.18. The van der Waals surface area contributed by atoms with Crippen molar-refractivity contribution >= 4 is 5.82 Å². The molecule has 0 aliphatic rings. The molecule has 1 aromatic heterocycles. The summed E-state index contributed by atoms with van der Waals surface area (Å²) in [7, 11) is 0. The van der Waals surface area contributed by atoms with Gasteiger partial charge in [-0.3, -0.25) is 0 Å². The number of alkyl halides is 5. The van der Waals surface area contributed by atoms with Gasteiger partial charge in [0, 0.05) is 12.3 Å². The number of nitrogens with two attached hydrogens (primary N) is 1. The summed E-state index contributed by atoms with van der Waals surface area (Å²) in [5, 5.41) is 0. The maximum absolute atomic E-state index is 12.4. The van der Waals surface area contributed by atoms with Gasteiger partial charge in [-0.05, 0) is 6.07 Å². The SMILES string of the molecule is Nc1cc(OCC(F)(F)C(F)(F)F)ccn1. The van der Waals surface area contributed by atoms with Crippen molar-refractivity contribution in [3.8, 4) is 5.75 Å². The van der Waals surface area contributed by atoms with Gasteiger partial charge in [0.1, 0.15) is 11.6 Å². The molecule has 0 saturated heterocycles. The zero-order valence-corrected chi connectivity index (χ0v) is 7.76. The normalized spacial score (nSPS) is 12.6. The Balaban J connectivity index is 2.65. The van der Waals surface area contributed by atoms with Gasteiger partial charge in [0.05, 0.1) is 0 Å². The molecule has 0 unspecified atom stereocenters. The minimum Gasteiger partial charge on any atom is -0.487 e. The maximum Gasteiger partial charge on any atom is 0.456 e. The monoisotopic (exact) mass is 242 g/mol. The van der Waals surface area contributed by atoms with E-state index in [-0.39, 0.29) is 11.6 Å². The van der Waals surface area contributed by atoms with Crippen LogP contribution in [0.4, 0.5) is 27.8 Å². The zero-order valence-electron chi connectivity index (χ0n) is 7.76. The molecule has 8 heteroatoms. The maximum atomic E-state index is 12.4. The predicted octanol–water partition coefficient (Wildman–Crippen LogP) is 2.24. The van der Waals surface area contributed by atoms with Crippen molar-refractivity contribution in [2.24, 2.45) is 0 Å². The first-order valence-corrected chi connectivity index (χ1v) is 4.01. The second-order valence-electron chi connectivity index (χ2n) is 2.91. The molecule has 0 fully saturated rings. The summed E-state index contributed by atoms with van der Waals surface area (Å²) in [6, 6.07) is 2.18. The lowest BCUT2D eigenvalue weighted by Gasteiger charge is -2.19. The number of pyridine rings is 1. The standard InChI is InChI=1S/C8H7F5N2O/c9-7(10,8(11,12)13)4-16-5-1-2-15-6(14)3-5/h1-3H,4H2,(H2,14,15). The number of aromatic nitrogens is 1. The molecule has 0 atom stereocenters. The minimum absolute atomic E-state index is 0.0344. The van der Waals surface area contributed by atoms with Crippen LogP contribution in [0.25, 0.3) is 0 Å². The third kappa shape index (κ3) is 2.94. The number of rotatable bonds is 3. The molecule has 0 spiro atoms. The molecular formula is C8H7F5N2O. The lowest BCUT2D eigenvalue weighted by atomic mass is 10.3. The molecule has 2 N–H and O–H groups in total. The molecule has 3 nitrogen and oxygen atoms in total. The third-order valence-corrected chi connectivity index (χ3v) is 1.59. The zero-order chi connectivity index (χ0) is 12.4. The van der Waals surface area contributed by atoms with Crippen LogP contribution in [0.1, 0.15) is 0 Å². The first-order valence-electron chi connectivity index (χ1n) is 4.01. The number of hydrogen-bond acceptors (Lipinski definition) is 3. The Labute approximate surface area is 87.0 Å². The molecule has 0 amide bonds. The van der Waals surface area contributed by atoms with Gasteiger partial charge in [-0.25, -0.2) is 4.98 Å². The van der Waals surface area contributed by atoms with Crippen LogP contribution in [0.5, 0.6) is 5.75 Å². The van der Waals surface area contributed by atoms with Gasteiger partial charge in [0.2, 0.25) is 0 Å². The van der Waals surface area contributed by atoms with Crippen LogP contribution in [0.2, 0.25) is 0 Å². The number of ether oxygens (including phenoxy) is 1. The summed E-state index contributed by atoms with van der Waals surface area (Å²) in [5.74, 6) is -5.13. The Morgan fingerprint density at radius 1 is 1.25 bits per heavy atom. The summed E-state index contributed by atoms with van der Waals surface area (Å²) in [6.45, 7) is -1.79. The second kappa shape index (κ2) is 4.11. The molecule has 90 valence electrons. The predicted molar refractivity (Wildman–Crippen MR) is 45.1 cm³/mol. The van der Waals surface area contributed by atoms with Crippen molar-refractivity contribution in [3.05, 3.63) is 18.3 Å². The van der Waals surface area contributed by atoms with Crippen LogP contribution in [-0.2, 0) is 0 Å². The lowest BCUT2D eigenvalue weighted by Crippen LogP contribution is -2.41. The number of nitrogen functional groups attached to an aromatic ring is 1. The van der Waals surface area contributed by atoms with E-state index in [0.29, 0.717) is 0 Å². The van der Waals surface area contributed by atoms with Crippen molar-refractivity contribution < 1.29 is 26.7 Å². The molecular weight excluding hydrogens is 235 g/mol. The molecule has 0 bridgehead atoms. The first-order chi connectivity index (χ1) is 7.22. The molecule has 0 aliphatic carbocycles. The van der Waals surface area contributed by atoms with Crippen LogP contribution < -0.4 is 10.5 Å². The Morgan fingerprint density at radius 3 is 2.38 bits per heavy atom. The van der Waals surface area contributed by atoms with E-state index in [9.17, 15) is 22.0 Å². The van der Waals surface area contributed by atoms with Crippen LogP contribution in [0, 0.1) is 0 Å². The van der Waals surface area contributed by atoms with Crippen molar-refractivity contribution in [1.29, 1.82) is 0 Å². The van der Waals surface area contributed by atoms with E-state index in [1.54, 1.807) is 0 Å². The van der Waals surface area contributed by atoms with Crippen molar-refractivity contribution in [1.82, 2.24) is 4.98 Å². The summed E-state index contributed by atoms with van der Waals surface area (Å²) in [4.78, 5) is 3.52. The quantitative estimate of drug-likeness (QED) is 0.827. The highest BCUT2D eigenvalue weighted by Gasteiger charge is 2.58. The average Bonchev–Trinajstić information content (AvgIpc) is 2.13. The van der Waals surface area contributed by atoms with Crippen molar-refractivity contribution in [2.45, 2.75) is 12.1 Å². The first kappa shape index (κ1) is 12.5. The van der Waals surface area contributed by atoms with Gasteiger partial charge in [-0.15, -0.1) is 0 Å². The van der Waals surface area contributed by atoms with E-state index in [0.717, 1.165) is 18.3 Å². The fourth-order valence-corrected chi connectivity index (χ4v) is 0.774. The largest absolute Gasteiger partial charge is 0.487 e. The molecule has 1 rings (SSSR count). The second-order valence-corrected chi connectivity index (χ2v) is 2.91.